The third-order valence-electron chi connectivity index (χ3n) is 4.77. The number of nitrogens with two attached hydrogens (primary N) is 1. The lowest BCUT2D eigenvalue weighted by atomic mass is 9.98. The molecule has 1 amide bonds. The Morgan fingerprint density at radius 1 is 1.35 bits per heavy atom. The number of hydrogen-bond acceptors (Lipinski definition) is 4. The second kappa shape index (κ2) is 7.38. The smallest absolute Gasteiger partial charge is 0.239 e. The Kier molecular flexibility index (Phi) is 5.81. The van der Waals surface area contributed by atoms with Gasteiger partial charge in [-0.05, 0) is 18.3 Å². The first kappa shape index (κ1) is 15.7. The molecule has 0 spiro atoms. The van der Waals surface area contributed by atoms with Crippen molar-refractivity contribution in [3.8, 4) is 0 Å². The molecule has 0 bridgehead atoms. The van der Waals surface area contributed by atoms with Crippen LogP contribution in [0.5, 0.6) is 0 Å². The molecule has 2 heterocycles. The van der Waals surface area contributed by atoms with E-state index in [0.717, 1.165) is 52.4 Å². The minimum absolute atomic E-state index is 0.128. The number of hydrogen-bond donors (Lipinski definition) is 1. The quantitative estimate of drug-likeness (QED) is 0.800. The lowest BCUT2D eigenvalue weighted by molar-refractivity contribution is -0.135. The first-order chi connectivity index (χ1) is 9.61. The first-order valence-electron chi connectivity index (χ1n) is 7.96. The van der Waals surface area contributed by atoms with Crippen molar-refractivity contribution in [3.63, 3.8) is 0 Å². The van der Waals surface area contributed by atoms with Gasteiger partial charge in [0.15, 0.2) is 0 Å². The van der Waals surface area contributed by atoms with Gasteiger partial charge in [0.25, 0.3) is 0 Å². The van der Waals surface area contributed by atoms with Crippen molar-refractivity contribution in [3.05, 3.63) is 0 Å². The fourth-order valence-corrected chi connectivity index (χ4v) is 2.95. The largest absolute Gasteiger partial charge is 0.381 e. The fourth-order valence-electron chi connectivity index (χ4n) is 2.95. The average Bonchev–Trinajstić information content (AvgIpc) is 2.98. The molecule has 0 unspecified atom stereocenters. The first-order valence-corrected chi connectivity index (χ1v) is 7.96. The highest BCUT2D eigenvalue weighted by molar-refractivity contribution is 5.82. The van der Waals surface area contributed by atoms with Crippen LogP contribution in [-0.2, 0) is 9.53 Å². The maximum absolute atomic E-state index is 12.3. The van der Waals surface area contributed by atoms with Crippen LogP contribution in [0.2, 0.25) is 0 Å². The average molecular weight is 283 g/mol. The molecular formula is C15H29N3O2. The van der Waals surface area contributed by atoms with Crippen LogP contribution < -0.4 is 5.73 Å². The Morgan fingerprint density at radius 2 is 2.05 bits per heavy atom. The highest BCUT2D eigenvalue weighted by Gasteiger charge is 2.28. The van der Waals surface area contributed by atoms with Crippen molar-refractivity contribution in [2.75, 3.05) is 45.9 Å². The van der Waals surface area contributed by atoms with E-state index < -0.39 is 0 Å². The number of ether oxygens (including phenoxy) is 1. The van der Waals surface area contributed by atoms with Gasteiger partial charge in [-0.1, -0.05) is 20.3 Å². The molecule has 0 aromatic heterocycles. The summed E-state index contributed by atoms with van der Waals surface area (Å²) in [7, 11) is 0. The molecule has 116 valence electrons. The number of carbonyl (C=O) groups is 1. The normalized spacial score (nSPS) is 27.6. The van der Waals surface area contributed by atoms with Crippen molar-refractivity contribution in [1.82, 2.24) is 9.80 Å². The molecule has 2 N–H and O–H groups in total. The zero-order valence-electron chi connectivity index (χ0n) is 12.9. The van der Waals surface area contributed by atoms with Crippen LogP contribution in [-0.4, -0.2) is 67.7 Å². The summed E-state index contributed by atoms with van der Waals surface area (Å²) < 4.78 is 5.42. The minimum Gasteiger partial charge on any atom is -0.381 e. The standard InChI is InChI=1S/C15H29N3O2/c1-3-12(2)14(16)15(19)18-7-5-17(6-8-18)10-13-4-9-20-11-13/h12-14H,3-11,16H2,1-2H3/t12-,13+,14-/m0/s1. The monoisotopic (exact) mass is 283 g/mol. The molecule has 0 aliphatic carbocycles. The minimum atomic E-state index is -0.338. The summed E-state index contributed by atoms with van der Waals surface area (Å²) in [6, 6.07) is -0.338. The highest BCUT2D eigenvalue weighted by Crippen LogP contribution is 2.16. The van der Waals surface area contributed by atoms with Gasteiger partial charge in [0, 0.05) is 39.3 Å². The molecule has 2 aliphatic rings. The molecular weight excluding hydrogens is 254 g/mol. The maximum atomic E-state index is 12.3. The van der Waals surface area contributed by atoms with Gasteiger partial charge in [0.05, 0.1) is 12.6 Å². The van der Waals surface area contributed by atoms with Gasteiger partial charge in [-0.15, -0.1) is 0 Å². The van der Waals surface area contributed by atoms with Gasteiger partial charge in [0.1, 0.15) is 0 Å². The van der Waals surface area contributed by atoms with E-state index in [0.29, 0.717) is 5.92 Å². The Morgan fingerprint density at radius 3 is 2.60 bits per heavy atom. The topological polar surface area (TPSA) is 58.8 Å². The third-order valence-corrected chi connectivity index (χ3v) is 4.77. The molecule has 2 saturated heterocycles. The van der Waals surface area contributed by atoms with Gasteiger partial charge in [-0.2, -0.15) is 0 Å². The number of amides is 1. The van der Waals surface area contributed by atoms with E-state index in [1.807, 2.05) is 4.90 Å². The Labute approximate surface area is 122 Å². The number of rotatable bonds is 5. The zero-order valence-corrected chi connectivity index (χ0v) is 12.9. The van der Waals surface area contributed by atoms with Crippen molar-refractivity contribution in [2.24, 2.45) is 17.6 Å². The molecule has 5 nitrogen and oxygen atoms in total. The Balaban J connectivity index is 1.74. The summed E-state index contributed by atoms with van der Waals surface area (Å²) in [5.74, 6) is 1.07. The second-order valence-corrected chi connectivity index (χ2v) is 6.27. The zero-order chi connectivity index (χ0) is 14.5. The molecule has 0 saturated carbocycles. The molecule has 3 atom stereocenters. The van der Waals surface area contributed by atoms with E-state index in [9.17, 15) is 4.79 Å². The summed E-state index contributed by atoms with van der Waals surface area (Å²) >= 11 is 0. The van der Waals surface area contributed by atoms with E-state index in [1.165, 1.54) is 6.42 Å². The summed E-state index contributed by atoms with van der Waals surface area (Å²) in [5.41, 5.74) is 6.05. The summed E-state index contributed by atoms with van der Waals surface area (Å²) in [5, 5.41) is 0. The lowest BCUT2D eigenvalue weighted by Gasteiger charge is -2.37. The summed E-state index contributed by atoms with van der Waals surface area (Å²) in [6.07, 6.45) is 2.13. The summed E-state index contributed by atoms with van der Waals surface area (Å²) in [6.45, 7) is 10.6. The molecule has 0 radical (unpaired) electrons. The predicted octanol–water partition coefficient (Wildman–Crippen LogP) is 0.541. The van der Waals surface area contributed by atoms with Gasteiger partial charge in [-0.25, -0.2) is 0 Å². The van der Waals surface area contributed by atoms with Crippen LogP contribution in [0.4, 0.5) is 0 Å². The molecule has 0 aromatic rings. The molecule has 0 aromatic carbocycles. The van der Waals surface area contributed by atoms with E-state index in [1.54, 1.807) is 0 Å². The van der Waals surface area contributed by atoms with Gasteiger partial charge >= 0.3 is 0 Å². The van der Waals surface area contributed by atoms with E-state index >= 15 is 0 Å². The summed E-state index contributed by atoms with van der Waals surface area (Å²) in [4.78, 5) is 16.7. The highest BCUT2D eigenvalue weighted by atomic mass is 16.5. The molecule has 2 aliphatic heterocycles. The molecule has 2 fully saturated rings. The van der Waals surface area contributed by atoms with E-state index in [4.69, 9.17) is 10.5 Å². The van der Waals surface area contributed by atoms with Crippen LogP contribution in [0, 0.1) is 11.8 Å². The molecule has 5 heteroatoms. The van der Waals surface area contributed by atoms with Crippen LogP contribution in [0.25, 0.3) is 0 Å². The van der Waals surface area contributed by atoms with Crippen molar-refractivity contribution in [2.45, 2.75) is 32.7 Å². The third kappa shape index (κ3) is 3.93. The molecule has 2 rings (SSSR count). The number of nitrogens with zero attached hydrogens (tertiary/aromatic N) is 2. The second-order valence-electron chi connectivity index (χ2n) is 6.27. The van der Waals surface area contributed by atoms with E-state index in [-0.39, 0.29) is 17.9 Å². The maximum Gasteiger partial charge on any atom is 0.239 e. The van der Waals surface area contributed by atoms with Crippen LogP contribution >= 0.6 is 0 Å². The van der Waals surface area contributed by atoms with E-state index in [2.05, 4.69) is 18.7 Å². The number of carbonyl (C=O) groups excluding carboxylic acids is 1. The van der Waals surface area contributed by atoms with Crippen molar-refractivity contribution >= 4 is 5.91 Å². The van der Waals surface area contributed by atoms with Gasteiger partial charge < -0.3 is 15.4 Å². The molecule has 20 heavy (non-hydrogen) atoms. The van der Waals surface area contributed by atoms with Gasteiger partial charge in [0.2, 0.25) is 5.91 Å². The van der Waals surface area contributed by atoms with Gasteiger partial charge in [-0.3, -0.25) is 9.69 Å². The van der Waals surface area contributed by atoms with Crippen LogP contribution in [0.1, 0.15) is 26.7 Å². The Bertz CT molecular complexity index is 310. The predicted molar refractivity (Wildman–Crippen MR) is 79.4 cm³/mol. The fraction of sp³-hybridized carbons (Fsp3) is 0.933. The lowest BCUT2D eigenvalue weighted by Crippen LogP contribution is -2.55. The van der Waals surface area contributed by atoms with Crippen LogP contribution in [0.15, 0.2) is 0 Å². The Hall–Kier alpha value is -0.650. The number of piperazine rings is 1. The van der Waals surface area contributed by atoms with Crippen molar-refractivity contribution in [1.29, 1.82) is 0 Å². The van der Waals surface area contributed by atoms with Crippen molar-refractivity contribution < 1.29 is 9.53 Å². The SMILES string of the molecule is CC[C@H](C)[C@H](N)C(=O)N1CCN(C[C@H]2CCOC2)CC1. The van der Waals surface area contributed by atoms with Crippen LogP contribution in [0.3, 0.4) is 0 Å².